The fourth-order valence-corrected chi connectivity index (χ4v) is 1.39. The SMILES string of the molecule is CC(OC(=O)c1ccco1)C(=O)N1CC1C#N. The quantitative estimate of drug-likeness (QED) is 0.563. The molecular formula is C11H10N2O4. The average molecular weight is 234 g/mol. The number of rotatable bonds is 3. The van der Waals surface area contributed by atoms with Crippen LogP contribution >= 0.6 is 0 Å². The molecule has 1 aromatic rings. The van der Waals surface area contributed by atoms with Crippen molar-refractivity contribution < 1.29 is 18.7 Å². The zero-order chi connectivity index (χ0) is 12.4. The maximum Gasteiger partial charge on any atom is 0.374 e. The summed E-state index contributed by atoms with van der Waals surface area (Å²) in [6.45, 7) is 1.87. The lowest BCUT2D eigenvalue weighted by Crippen LogP contribution is -2.30. The number of hydrogen-bond acceptors (Lipinski definition) is 5. The molecule has 1 amide bonds. The number of esters is 1. The van der Waals surface area contributed by atoms with E-state index < -0.39 is 12.1 Å². The summed E-state index contributed by atoms with van der Waals surface area (Å²) in [6, 6.07) is 4.58. The largest absolute Gasteiger partial charge is 0.457 e. The molecule has 1 fully saturated rings. The Morgan fingerprint density at radius 2 is 2.47 bits per heavy atom. The lowest BCUT2D eigenvalue weighted by molar-refractivity contribution is -0.134. The van der Waals surface area contributed by atoms with Gasteiger partial charge in [0.2, 0.25) is 5.76 Å². The van der Waals surface area contributed by atoms with Crippen LogP contribution in [0.3, 0.4) is 0 Å². The highest BCUT2D eigenvalue weighted by Gasteiger charge is 2.41. The van der Waals surface area contributed by atoms with Gasteiger partial charge >= 0.3 is 5.97 Å². The lowest BCUT2D eigenvalue weighted by Gasteiger charge is -2.11. The number of nitriles is 1. The predicted molar refractivity (Wildman–Crippen MR) is 54.7 cm³/mol. The van der Waals surface area contributed by atoms with Crippen molar-refractivity contribution in [3.05, 3.63) is 24.2 Å². The molecule has 1 saturated heterocycles. The van der Waals surface area contributed by atoms with Crippen LogP contribution in [0.15, 0.2) is 22.8 Å². The molecule has 0 N–H and O–H groups in total. The van der Waals surface area contributed by atoms with Crippen molar-refractivity contribution in [3.63, 3.8) is 0 Å². The van der Waals surface area contributed by atoms with E-state index in [1.54, 1.807) is 6.07 Å². The number of hydrogen-bond donors (Lipinski definition) is 0. The number of furan rings is 1. The highest BCUT2D eigenvalue weighted by atomic mass is 16.6. The molecule has 0 aromatic carbocycles. The standard InChI is InChI=1S/C11H10N2O4/c1-7(10(14)13-6-8(13)5-12)17-11(15)9-3-2-4-16-9/h2-4,7-8H,6H2,1H3. The third-order valence-corrected chi connectivity index (χ3v) is 2.40. The third-order valence-electron chi connectivity index (χ3n) is 2.40. The molecule has 1 aliphatic rings. The number of carbonyl (C=O) groups excluding carboxylic acids is 2. The fraction of sp³-hybridized carbons (Fsp3) is 0.364. The van der Waals surface area contributed by atoms with Gasteiger partial charge in [-0.2, -0.15) is 5.26 Å². The van der Waals surface area contributed by atoms with Gasteiger partial charge < -0.3 is 14.1 Å². The van der Waals surface area contributed by atoms with Crippen LogP contribution in [0.5, 0.6) is 0 Å². The van der Waals surface area contributed by atoms with Gasteiger partial charge in [-0.15, -0.1) is 0 Å². The zero-order valence-corrected chi connectivity index (χ0v) is 9.12. The number of amides is 1. The van der Waals surface area contributed by atoms with Crippen molar-refractivity contribution in [1.82, 2.24) is 4.90 Å². The van der Waals surface area contributed by atoms with E-state index in [4.69, 9.17) is 14.4 Å². The topological polar surface area (TPSA) is 83.3 Å². The second-order valence-corrected chi connectivity index (χ2v) is 3.66. The van der Waals surface area contributed by atoms with Crippen LogP contribution in [0.1, 0.15) is 17.5 Å². The van der Waals surface area contributed by atoms with Crippen molar-refractivity contribution in [3.8, 4) is 6.07 Å². The maximum absolute atomic E-state index is 11.6. The maximum atomic E-state index is 11.6. The minimum Gasteiger partial charge on any atom is -0.457 e. The van der Waals surface area contributed by atoms with Crippen LogP contribution in [0, 0.1) is 11.3 Å². The first kappa shape index (κ1) is 11.2. The van der Waals surface area contributed by atoms with Crippen LogP contribution < -0.4 is 0 Å². The molecule has 6 heteroatoms. The van der Waals surface area contributed by atoms with Crippen molar-refractivity contribution in [2.45, 2.75) is 19.1 Å². The summed E-state index contributed by atoms with van der Waals surface area (Å²) in [5.74, 6) is -1.00. The highest BCUT2D eigenvalue weighted by Crippen LogP contribution is 2.19. The fourth-order valence-electron chi connectivity index (χ4n) is 1.39. The summed E-state index contributed by atoms with van der Waals surface area (Å²) in [5, 5.41) is 8.57. The van der Waals surface area contributed by atoms with Gasteiger partial charge in [0.1, 0.15) is 6.04 Å². The molecule has 0 aliphatic carbocycles. The van der Waals surface area contributed by atoms with E-state index in [0.29, 0.717) is 6.54 Å². The van der Waals surface area contributed by atoms with Crippen LogP contribution in [0.25, 0.3) is 0 Å². The molecule has 2 heterocycles. The number of carbonyl (C=O) groups is 2. The molecule has 17 heavy (non-hydrogen) atoms. The van der Waals surface area contributed by atoms with Crippen molar-refractivity contribution in [2.24, 2.45) is 0 Å². The first-order valence-electron chi connectivity index (χ1n) is 5.08. The molecule has 2 atom stereocenters. The van der Waals surface area contributed by atoms with Crippen LogP contribution in [-0.4, -0.2) is 35.5 Å². The molecule has 1 aliphatic heterocycles. The molecule has 6 nitrogen and oxygen atoms in total. The molecule has 0 radical (unpaired) electrons. The van der Waals surface area contributed by atoms with Gasteiger partial charge in [0, 0.05) is 0 Å². The van der Waals surface area contributed by atoms with Gasteiger partial charge in [-0.1, -0.05) is 0 Å². The van der Waals surface area contributed by atoms with Crippen LogP contribution in [0.2, 0.25) is 0 Å². The summed E-state index contributed by atoms with van der Waals surface area (Å²) >= 11 is 0. The smallest absolute Gasteiger partial charge is 0.374 e. The molecule has 2 rings (SSSR count). The number of ether oxygens (including phenoxy) is 1. The summed E-state index contributed by atoms with van der Waals surface area (Å²) in [4.78, 5) is 24.5. The molecule has 2 unspecified atom stereocenters. The van der Waals surface area contributed by atoms with Gasteiger partial charge in [-0.3, -0.25) is 4.79 Å². The minimum absolute atomic E-state index is 0.0484. The highest BCUT2D eigenvalue weighted by molar-refractivity contribution is 5.90. The molecule has 0 bridgehead atoms. The Hall–Kier alpha value is -2.29. The Morgan fingerprint density at radius 1 is 1.71 bits per heavy atom. The number of nitrogens with zero attached hydrogens (tertiary/aromatic N) is 2. The molecule has 88 valence electrons. The molecule has 0 spiro atoms. The van der Waals surface area contributed by atoms with Gasteiger partial charge in [0.05, 0.1) is 18.9 Å². The van der Waals surface area contributed by atoms with Crippen molar-refractivity contribution >= 4 is 11.9 Å². The van der Waals surface area contributed by atoms with E-state index in [1.807, 2.05) is 6.07 Å². The summed E-state index contributed by atoms with van der Waals surface area (Å²) in [5.41, 5.74) is 0. The van der Waals surface area contributed by atoms with Crippen LogP contribution in [-0.2, 0) is 9.53 Å². The third kappa shape index (κ3) is 2.28. The Kier molecular flexibility index (Phi) is 2.83. The molecule has 1 aromatic heterocycles. The first-order chi connectivity index (χ1) is 8.13. The Balaban J connectivity index is 1.90. The van der Waals surface area contributed by atoms with Gasteiger partial charge in [-0.05, 0) is 19.1 Å². The zero-order valence-electron chi connectivity index (χ0n) is 9.12. The van der Waals surface area contributed by atoms with E-state index in [2.05, 4.69) is 0 Å². The van der Waals surface area contributed by atoms with Gasteiger partial charge in [-0.25, -0.2) is 4.79 Å². The van der Waals surface area contributed by atoms with E-state index in [1.165, 1.54) is 24.2 Å². The van der Waals surface area contributed by atoms with Gasteiger partial charge in [0.25, 0.3) is 5.91 Å². The van der Waals surface area contributed by atoms with Crippen LogP contribution in [0.4, 0.5) is 0 Å². The minimum atomic E-state index is -0.911. The Bertz CT molecular complexity index is 474. The molecular weight excluding hydrogens is 224 g/mol. The van der Waals surface area contributed by atoms with E-state index >= 15 is 0 Å². The monoisotopic (exact) mass is 234 g/mol. The second-order valence-electron chi connectivity index (χ2n) is 3.66. The van der Waals surface area contributed by atoms with E-state index in [-0.39, 0.29) is 17.7 Å². The predicted octanol–water partition coefficient (Wildman–Crippen LogP) is 0.559. The van der Waals surface area contributed by atoms with Crippen molar-refractivity contribution in [2.75, 3.05) is 6.54 Å². The Morgan fingerprint density at radius 3 is 3.00 bits per heavy atom. The average Bonchev–Trinajstić information content (AvgIpc) is 2.90. The van der Waals surface area contributed by atoms with E-state index in [9.17, 15) is 9.59 Å². The normalized spacial score (nSPS) is 19.3. The summed E-state index contributed by atoms with van der Waals surface area (Å²) in [7, 11) is 0. The second kappa shape index (κ2) is 4.29. The summed E-state index contributed by atoms with van der Waals surface area (Å²) < 4.78 is 9.76. The Labute approximate surface area is 97.4 Å². The summed E-state index contributed by atoms with van der Waals surface area (Å²) in [6.07, 6.45) is 0.435. The van der Waals surface area contributed by atoms with E-state index in [0.717, 1.165) is 0 Å². The van der Waals surface area contributed by atoms with Crippen molar-refractivity contribution in [1.29, 1.82) is 5.26 Å². The lowest BCUT2D eigenvalue weighted by atomic mass is 10.3. The van der Waals surface area contributed by atoms with Gasteiger partial charge in [0.15, 0.2) is 6.10 Å². The first-order valence-corrected chi connectivity index (χ1v) is 5.08. The molecule has 0 saturated carbocycles.